The standard InChI is InChI=1S/C14H14N8O2/c15-13-12(22(23)24)6-17-14(20-13)19-11(7-21-9-16-8-18-21)10-4-2-1-3-5-10/h1-6,8-9,11H,7H2,(H3,15,17,19,20)/t11-/m0/s1. The van der Waals surface area contributed by atoms with Gasteiger partial charge in [0.15, 0.2) is 0 Å². The maximum absolute atomic E-state index is 10.8. The molecule has 0 amide bonds. The number of nitrogen functional groups attached to an aromatic ring is 1. The molecule has 3 aromatic rings. The molecule has 10 nitrogen and oxygen atoms in total. The fraction of sp³-hybridized carbons (Fsp3) is 0.143. The van der Waals surface area contributed by atoms with Gasteiger partial charge in [-0.3, -0.25) is 14.8 Å². The summed E-state index contributed by atoms with van der Waals surface area (Å²) in [6.07, 6.45) is 4.13. The Balaban J connectivity index is 1.86. The smallest absolute Gasteiger partial charge is 0.329 e. The van der Waals surface area contributed by atoms with Gasteiger partial charge in [0, 0.05) is 0 Å². The van der Waals surface area contributed by atoms with Gasteiger partial charge in [0.05, 0.1) is 17.5 Å². The third-order valence-electron chi connectivity index (χ3n) is 3.34. The molecule has 0 spiro atoms. The summed E-state index contributed by atoms with van der Waals surface area (Å²) in [5, 5.41) is 18.0. The summed E-state index contributed by atoms with van der Waals surface area (Å²) in [5.74, 6) is 0.0112. The number of rotatable bonds is 6. The highest BCUT2D eigenvalue weighted by molar-refractivity contribution is 5.53. The van der Waals surface area contributed by atoms with Gasteiger partial charge in [-0.1, -0.05) is 30.3 Å². The molecule has 0 unspecified atom stereocenters. The van der Waals surface area contributed by atoms with Gasteiger partial charge in [0.1, 0.15) is 18.9 Å². The van der Waals surface area contributed by atoms with E-state index in [9.17, 15) is 10.1 Å². The predicted octanol–water partition coefficient (Wildman–Crippen LogP) is 1.41. The Bertz CT molecular complexity index is 822. The third kappa shape index (κ3) is 3.43. The molecule has 24 heavy (non-hydrogen) atoms. The lowest BCUT2D eigenvalue weighted by molar-refractivity contribution is -0.384. The number of anilines is 2. The summed E-state index contributed by atoms with van der Waals surface area (Å²) in [4.78, 5) is 22.0. The van der Waals surface area contributed by atoms with E-state index in [4.69, 9.17) is 5.73 Å². The Morgan fingerprint density at radius 2 is 2.12 bits per heavy atom. The van der Waals surface area contributed by atoms with Gasteiger partial charge in [-0.25, -0.2) is 9.97 Å². The van der Waals surface area contributed by atoms with Crippen LogP contribution in [0.4, 0.5) is 17.5 Å². The number of nitrogens with one attached hydrogen (secondary N) is 1. The average Bonchev–Trinajstić information content (AvgIpc) is 3.08. The van der Waals surface area contributed by atoms with Crippen molar-refractivity contribution < 1.29 is 4.92 Å². The van der Waals surface area contributed by atoms with Crippen LogP contribution in [-0.2, 0) is 6.54 Å². The van der Waals surface area contributed by atoms with Crippen molar-refractivity contribution >= 4 is 17.5 Å². The lowest BCUT2D eigenvalue weighted by Crippen LogP contribution is -2.19. The van der Waals surface area contributed by atoms with Gasteiger partial charge >= 0.3 is 5.69 Å². The van der Waals surface area contributed by atoms with Crippen LogP contribution in [0.15, 0.2) is 49.2 Å². The molecule has 0 saturated heterocycles. The average molecular weight is 326 g/mol. The van der Waals surface area contributed by atoms with E-state index in [1.54, 1.807) is 11.0 Å². The topological polar surface area (TPSA) is 138 Å². The van der Waals surface area contributed by atoms with Gasteiger partial charge in [-0.05, 0) is 5.56 Å². The molecular weight excluding hydrogens is 312 g/mol. The molecule has 1 aromatic carbocycles. The number of aromatic nitrogens is 5. The Kier molecular flexibility index (Phi) is 4.27. The summed E-state index contributed by atoms with van der Waals surface area (Å²) in [6, 6.07) is 9.42. The zero-order valence-electron chi connectivity index (χ0n) is 12.5. The molecular formula is C14H14N8O2. The molecule has 0 aliphatic carbocycles. The van der Waals surface area contributed by atoms with Crippen molar-refractivity contribution in [3.63, 3.8) is 0 Å². The lowest BCUT2D eigenvalue weighted by atomic mass is 10.1. The van der Waals surface area contributed by atoms with Crippen molar-refractivity contribution in [1.82, 2.24) is 24.7 Å². The van der Waals surface area contributed by atoms with Crippen LogP contribution < -0.4 is 11.1 Å². The molecule has 0 bridgehead atoms. The molecule has 10 heteroatoms. The van der Waals surface area contributed by atoms with Crippen molar-refractivity contribution in [2.45, 2.75) is 12.6 Å². The summed E-state index contributed by atoms with van der Waals surface area (Å²) < 4.78 is 1.67. The second-order valence-corrected chi connectivity index (χ2v) is 4.95. The van der Waals surface area contributed by atoms with E-state index < -0.39 is 4.92 Å². The normalized spacial score (nSPS) is 11.8. The molecule has 1 atom stereocenters. The predicted molar refractivity (Wildman–Crippen MR) is 85.9 cm³/mol. The van der Waals surface area contributed by atoms with E-state index >= 15 is 0 Å². The Labute approximate surface area is 136 Å². The second kappa shape index (κ2) is 6.69. The van der Waals surface area contributed by atoms with Gasteiger partial charge in [-0.2, -0.15) is 10.1 Å². The molecule has 0 radical (unpaired) electrons. The fourth-order valence-corrected chi connectivity index (χ4v) is 2.19. The van der Waals surface area contributed by atoms with Crippen LogP contribution in [0.25, 0.3) is 0 Å². The van der Waals surface area contributed by atoms with Crippen LogP contribution in [-0.4, -0.2) is 29.7 Å². The molecule has 0 saturated carbocycles. The highest BCUT2D eigenvalue weighted by Crippen LogP contribution is 2.22. The summed E-state index contributed by atoms with van der Waals surface area (Å²) >= 11 is 0. The van der Waals surface area contributed by atoms with Gasteiger partial charge in [-0.15, -0.1) is 0 Å². The zero-order chi connectivity index (χ0) is 16.9. The van der Waals surface area contributed by atoms with Crippen molar-refractivity contribution in [2.24, 2.45) is 0 Å². The Hall–Kier alpha value is -3.56. The Morgan fingerprint density at radius 1 is 1.33 bits per heavy atom. The first-order valence-electron chi connectivity index (χ1n) is 7.04. The molecule has 3 rings (SSSR count). The maximum atomic E-state index is 10.8. The first-order chi connectivity index (χ1) is 11.6. The SMILES string of the molecule is Nc1nc(N[C@@H](Cn2cncn2)c2ccccc2)ncc1[N+](=O)[O-]. The van der Waals surface area contributed by atoms with Gasteiger partial charge in [0.2, 0.25) is 11.8 Å². The third-order valence-corrected chi connectivity index (χ3v) is 3.34. The molecule has 2 aromatic heterocycles. The minimum Gasteiger partial charge on any atom is -0.378 e. The number of benzene rings is 1. The maximum Gasteiger partial charge on any atom is 0.329 e. The van der Waals surface area contributed by atoms with Gasteiger partial charge < -0.3 is 11.1 Å². The lowest BCUT2D eigenvalue weighted by Gasteiger charge is -2.19. The first-order valence-corrected chi connectivity index (χ1v) is 7.04. The van der Waals surface area contributed by atoms with E-state index in [-0.39, 0.29) is 23.5 Å². The quantitative estimate of drug-likeness (QED) is 0.512. The van der Waals surface area contributed by atoms with Crippen LogP contribution in [0.1, 0.15) is 11.6 Å². The van der Waals surface area contributed by atoms with Crippen molar-refractivity contribution in [3.8, 4) is 0 Å². The van der Waals surface area contributed by atoms with Crippen molar-refractivity contribution in [2.75, 3.05) is 11.1 Å². The second-order valence-electron chi connectivity index (χ2n) is 4.95. The zero-order valence-corrected chi connectivity index (χ0v) is 12.5. The summed E-state index contributed by atoms with van der Waals surface area (Å²) in [6.45, 7) is 0.476. The minimum absolute atomic E-state index is 0.190. The van der Waals surface area contributed by atoms with Gasteiger partial charge in [0.25, 0.3) is 0 Å². The number of nitrogens with zero attached hydrogens (tertiary/aromatic N) is 6. The number of hydrogen-bond acceptors (Lipinski definition) is 8. The largest absolute Gasteiger partial charge is 0.378 e. The molecule has 3 N–H and O–H groups in total. The molecule has 0 aliphatic heterocycles. The molecule has 2 heterocycles. The number of nitro groups is 1. The van der Waals surface area contributed by atoms with E-state index in [1.165, 1.54) is 6.33 Å². The van der Waals surface area contributed by atoms with E-state index in [0.717, 1.165) is 11.8 Å². The molecule has 0 aliphatic rings. The van der Waals surface area contributed by atoms with Crippen LogP contribution >= 0.6 is 0 Å². The number of hydrogen-bond donors (Lipinski definition) is 2. The van der Waals surface area contributed by atoms with E-state index in [2.05, 4.69) is 25.4 Å². The van der Waals surface area contributed by atoms with Crippen LogP contribution in [0, 0.1) is 10.1 Å². The van der Waals surface area contributed by atoms with Crippen LogP contribution in [0.3, 0.4) is 0 Å². The fourth-order valence-electron chi connectivity index (χ4n) is 2.19. The van der Waals surface area contributed by atoms with Crippen molar-refractivity contribution in [1.29, 1.82) is 0 Å². The minimum atomic E-state index is -0.622. The highest BCUT2D eigenvalue weighted by atomic mass is 16.6. The van der Waals surface area contributed by atoms with Crippen LogP contribution in [0.5, 0.6) is 0 Å². The summed E-state index contributed by atoms with van der Waals surface area (Å²) in [7, 11) is 0. The van der Waals surface area contributed by atoms with Crippen LogP contribution in [0.2, 0.25) is 0 Å². The summed E-state index contributed by atoms with van der Waals surface area (Å²) in [5.41, 5.74) is 6.27. The monoisotopic (exact) mass is 326 g/mol. The number of nitrogens with two attached hydrogens (primary N) is 1. The molecule has 0 fully saturated rings. The van der Waals surface area contributed by atoms with E-state index in [1.807, 2.05) is 30.3 Å². The highest BCUT2D eigenvalue weighted by Gasteiger charge is 2.18. The Morgan fingerprint density at radius 3 is 2.75 bits per heavy atom. The van der Waals surface area contributed by atoms with Crippen molar-refractivity contribution in [3.05, 3.63) is 64.9 Å². The first kappa shape index (κ1) is 15.3. The molecule has 122 valence electrons. The van der Waals surface area contributed by atoms with E-state index in [0.29, 0.717) is 6.54 Å².